The third kappa shape index (κ3) is 4.52. The lowest BCUT2D eigenvalue weighted by atomic mass is 10.1. The maximum Gasteiger partial charge on any atom is 0.260 e. The highest BCUT2D eigenvalue weighted by molar-refractivity contribution is 7.03. The molecule has 0 atom stereocenters. The van der Waals surface area contributed by atoms with E-state index in [4.69, 9.17) is 4.74 Å². The molecular weight excluding hydrogens is 324 g/mol. The quantitative estimate of drug-likeness (QED) is 0.827. The van der Waals surface area contributed by atoms with Crippen molar-refractivity contribution < 1.29 is 9.53 Å². The van der Waals surface area contributed by atoms with Gasteiger partial charge in [0.1, 0.15) is 5.75 Å². The van der Waals surface area contributed by atoms with E-state index in [-0.39, 0.29) is 12.5 Å². The van der Waals surface area contributed by atoms with Crippen LogP contribution in [0, 0.1) is 13.8 Å². The topological polar surface area (TPSA) is 58.6 Å². The number of carbonyl (C=O) groups excluding carboxylic acids is 1. The molecular formula is C17H22N4O2S. The molecule has 24 heavy (non-hydrogen) atoms. The second-order valence-corrected chi connectivity index (χ2v) is 6.78. The van der Waals surface area contributed by atoms with Crippen LogP contribution >= 0.6 is 11.5 Å². The van der Waals surface area contributed by atoms with Crippen LogP contribution in [0.15, 0.2) is 23.6 Å². The molecule has 0 bridgehead atoms. The lowest BCUT2D eigenvalue weighted by Crippen LogP contribution is -2.49. The van der Waals surface area contributed by atoms with E-state index < -0.39 is 0 Å². The Morgan fingerprint density at radius 2 is 1.88 bits per heavy atom. The molecule has 0 unspecified atom stereocenters. The molecule has 1 aliphatic heterocycles. The first-order chi connectivity index (χ1) is 11.6. The minimum atomic E-state index is 0.0455. The van der Waals surface area contributed by atoms with Crippen molar-refractivity contribution in [3.8, 4) is 5.75 Å². The van der Waals surface area contributed by atoms with Gasteiger partial charge in [0.2, 0.25) is 0 Å². The molecule has 0 spiro atoms. The molecule has 1 saturated heterocycles. The molecule has 1 aromatic heterocycles. The molecule has 0 saturated carbocycles. The Bertz CT molecular complexity index is 662. The van der Waals surface area contributed by atoms with E-state index in [2.05, 4.69) is 20.6 Å². The molecule has 1 amide bonds. The number of piperazine rings is 1. The Labute approximate surface area is 146 Å². The zero-order valence-electron chi connectivity index (χ0n) is 14.1. The van der Waals surface area contributed by atoms with Gasteiger partial charge in [-0.2, -0.15) is 0 Å². The Morgan fingerprint density at radius 1 is 1.17 bits per heavy atom. The van der Waals surface area contributed by atoms with Crippen LogP contribution in [0.4, 0.5) is 0 Å². The highest BCUT2D eigenvalue weighted by atomic mass is 32.1. The van der Waals surface area contributed by atoms with Crippen LogP contribution < -0.4 is 4.74 Å². The highest BCUT2D eigenvalue weighted by Crippen LogP contribution is 2.16. The molecule has 7 heteroatoms. The largest absolute Gasteiger partial charge is 0.484 e. The van der Waals surface area contributed by atoms with E-state index in [1.54, 1.807) is 0 Å². The van der Waals surface area contributed by atoms with Crippen LogP contribution in [0.2, 0.25) is 0 Å². The van der Waals surface area contributed by atoms with E-state index in [1.165, 1.54) is 11.5 Å². The number of aryl methyl sites for hydroxylation is 2. The molecule has 3 rings (SSSR count). The van der Waals surface area contributed by atoms with Crippen molar-refractivity contribution in [2.24, 2.45) is 0 Å². The first kappa shape index (κ1) is 16.9. The van der Waals surface area contributed by atoms with Crippen molar-refractivity contribution in [1.82, 2.24) is 19.4 Å². The van der Waals surface area contributed by atoms with Gasteiger partial charge >= 0.3 is 0 Å². The molecule has 0 radical (unpaired) electrons. The first-order valence-electron chi connectivity index (χ1n) is 8.07. The number of aromatic nitrogens is 2. The number of amides is 1. The number of hydrogen-bond donors (Lipinski definition) is 0. The molecule has 0 aliphatic carbocycles. The zero-order valence-corrected chi connectivity index (χ0v) is 14.9. The summed E-state index contributed by atoms with van der Waals surface area (Å²) in [7, 11) is 0. The van der Waals surface area contributed by atoms with Crippen LogP contribution in [0.1, 0.15) is 16.8 Å². The number of carbonyl (C=O) groups is 1. The third-order valence-corrected chi connectivity index (χ3v) is 4.63. The predicted molar refractivity (Wildman–Crippen MR) is 93.2 cm³/mol. The highest BCUT2D eigenvalue weighted by Gasteiger charge is 2.21. The van der Waals surface area contributed by atoms with Crippen molar-refractivity contribution in [3.05, 3.63) is 40.4 Å². The van der Waals surface area contributed by atoms with E-state index in [0.29, 0.717) is 0 Å². The van der Waals surface area contributed by atoms with Gasteiger partial charge in [-0.25, -0.2) is 0 Å². The normalized spacial score (nSPS) is 15.5. The van der Waals surface area contributed by atoms with Crippen molar-refractivity contribution in [2.75, 3.05) is 32.8 Å². The Hall–Kier alpha value is -1.99. The molecule has 1 fully saturated rings. The minimum Gasteiger partial charge on any atom is -0.484 e. The lowest BCUT2D eigenvalue weighted by Gasteiger charge is -2.34. The summed E-state index contributed by atoms with van der Waals surface area (Å²) in [6.45, 7) is 8.12. The third-order valence-electron chi connectivity index (χ3n) is 4.07. The van der Waals surface area contributed by atoms with Crippen LogP contribution in [0.3, 0.4) is 0 Å². The number of rotatable bonds is 5. The van der Waals surface area contributed by atoms with Crippen LogP contribution in [-0.4, -0.2) is 58.1 Å². The fourth-order valence-electron chi connectivity index (χ4n) is 2.89. The van der Waals surface area contributed by atoms with Gasteiger partial charge in [-0.15, -0.1) is 5.10 Å². The van der Waals surface area contributed by atoms with Gasteiger partial charge < -0.3 is 9.64 Å². The molecule has 2 aromatic rings. The molecule has 2 heterocycles. The fourth-order valence-corrected chi connectivity index (χ4v) is 3.33. The van der Waals surface area contributed by atoms with Gasteiger partial charge in [0.25, 0.3) is 5.91 Å². The monoisotopic (exact) mass is 346 g/mol. The van der Waals surface area contributed by atoms with Crippen molar-refractivity contribution in [3.63, 3.8) is 0 Å². The standard InChI is InChI=1S/C17H22N4O2S/c1-13-7-14(2)9-16(8-13)23-11-17(22)21-5-3-20(4-6-21)10-15-12-24-19-18-15/h7-9,12H,3-6,10-11H2,1-2H3. The Kier molecular flexibility index (Phi) is 5.42. The molecule has 6 nitrogen and oxygen atoms in total. The summed E-state index contributed by atoms with van der Waals surface area (Å²) < 4.78 is 9.55. The summed E-state index contributed by atoms with van der Waals surface area (Å²) in [6, 6.07) is 6.01. The van der Waals surface area contributed by atoms with Crippen molar-refractivity contribution in [2.45, 2.75) is 20.4 Å². The number of nitrogens with zero attached hydrogens (tertiary/aromatic N) is 4. The Morgan fingerprint density at radius 3 is 2.50 bits per heavy atom. The van der Waals surface area contributed by atoms with E-state index >= 15 is 0 Å². The smallest absolute Gasteiger partial charge is 0.260 e. The number of ether oxygens (including phenoxy) is 1. The van der Waals surface area contributed by atoms with Gasteiger partial charge in [-0.05, 0) is 48.6 Å². The molecule has 128 valence electrons. The average molecular weight is 346 g/mol. The second kappa shape index (κ2) is 7.72. The summed E-state index contributed by atoms with van der Waals surface area (Å²) in [6.07, 6.45) is 0. The van der Waals surface area contributed by atoms with E-state index in [0.717, 1.165) is 55.3 Å². The maximum absolute atomic E-state index is 12.3. The summed E-state index contributed by atoms with van der Waals surface area (Å²) in [4.78, 5) is 16.5. The van der Waals surface area contributed by atoms with Crippen LogP contribution in [0.5, 0.6) is 5.75 Å². The second-order valence-electron chi connectivity index (χ2n) is 6.17. The van der Waals surface area contributed by atoms with Gasteiger partial charge in [0.05, 0.1) is 5.69 Å². The predicted octanol–water partition coefficient (Wildman–Crippen LogP) is 1.88. The number of benzene rings is 1. The summed E-state index contributed by atoms with van der Waals surface area (Å²) in [5.74, 6) is 0.805. The van der Waals surface area contributed by atoms with Gasteiger partial charge in [0, 0.05) is 38.1 Å². The van der Waals surface area contributed by atoms with Crippen molar-refractivity contribution in [1.29, 1.82) is 0 Å². The van der Waals surface area contributed by atoms with Gasteiger partial charge in [-0.1, -0.05) is 10.6 Å². The SMILES string of the molecule is Cc1cc(C)cc(OCC(=O)N2CCN(Cc3csnn3)CC2)c1. The number of hydrogen-bond acceptors (Lipinski definition) is 6. The van der Waals surface area contributed by atoms with E-state index in [1.807, 2.05) is 36.3 Å². The molecule has 0 N–H and O–H groups in total. The molecule has 1 aliphatic rings. The fraction of sp³-hybridized carbons (Fsp3) is 0.471. The lowest BCUT2D eigenvalue weighted by molar-refractivity contribution is -0.135. The zero-order chi connectivity index (χ0) is 16.9. The Balaban J connectivity index is 1.45. The molecule has 1 aromatic carbocycles. The van der Waals surface area contributed by atoms with E-state index in [9.17, 15) is 4.79 Å². The van der Waals surface area contributed by atoms with Gasteiger partial charge in [0.15, 0.2) is 6.61 Å². The summed E-state index contributed by atoms with van der Waals surface area (Å²) in [5.41, 5.74) is 3.28. The maximum atomic E-state index is 12.3. The van der Waals surface area contributed by atoms with Gasteiger partial charge in [-0.3, -0.25) is 9.69 Å². The average Bonchev–Trinajstić information content (AvgIpc) is 3.05. The first-order valence-corrected chi connectivity index (χ1v) is 8.91. The summed E-state index contributed by atoms with van der Waals surface area (Å²) in [5, 5.41) is 6.04. The minimum absolute atomic E-state index is 0.0455. The van der Waals surface area contributed by atoms with Crippen molar-refractivity contribution >= 4 is 17.4 Å². The van der Waals surface area contributed by atoms with Crippen LogP contribution in [-0.2, 0) is 11.3 Å². The van der Waals surface area contributed by atoms with Crippen LogP contribution in [0.25, 0.3) is 0 Å². The summed E-state index contributed by atoms with van der Waals surface area (Å²) >= 11 is 1.37.